The summed E-state index contributed by atoms with van der Waals surface area (Å²) in [5, 5.41) is 12.7. The maximum Gasteiger partial charge on any atom is 0.0558 e. The van der Waals surface area contributed by atoms with Crippen molar-refractivity contribution in [3.05, 3.63) is 35.4 Å². The van der Waals surface area contributed by atoms with E-state index in [1.54, 1.807) is 0 Å². The van der Waals surface area contributed by atoms with Crippen LogP contribution >= 0.6 is 0 Å². The summed E-state index contributed by atoms with van der Waals surface area (Å²) in [5.41, 5.74) is 2.77. The molecule has 4 heteroatoms. The smallest absolute Gasteiger partial charge is 0.0558 e. The molecule has 1 saturated heterocycles. The minimum atomic E-state index is 0.208. The zero-order valence-electron chi connectivity index (χ0n) is 15.0. The molecule has 0 saturated carbocycles. The summed E-state index contributed by atoms with van der Waals surface area (Å²) in [4.78, 5) is 4.80. The largest absolute Gasteiger partial charge is 0.395 e. The Kier molecular flexibility index (Phi) is 7.50. The van der Waals surface area contributed by atoms with Gasteiger partial charge in [-0.1, -0.05) is 38.1 Å². The van der Waals surface area contributed by atoms with Gasteiger partial charge in [-0.05, 0) is 30.5 Å². The van der Waals surface area contributed by atoms with Crippen LogP contribution < -0.4 is 5.32 Å². The summed E-state index contributed by atoms with van der Waals surface area (Å²) in [7, 11) is 2.12. The molecule has 1 aromatic rings. The van der Waals surface area contributed by atoms with E-state index in [2.05, 4.69) is 60.3 Å². The predicted octanol–water partition coefficient (Wildman–Crippen LogP) is 2.07. The Balaban J connectivity index is 2.11. The summed E-state index contributed by atoms with van der Waals surface area (Å²) >= 11 is 0. The van der Waals surface area contributed by atoms with E-state index in [4.69, 9.17) is 0 Å². The molecule has 2 rings (SSSR count). The van der Waals surface area contributed by atoms with Gasteiger partial charge in [-0.15, -0.1) is 0 Å². The van der Waals surface area contributed by atoms with Gasteiger partial charge in [0.15, 0.2) is 0 Å². The third kappa shape index (κ3) is 5.28. The number of rotatable bonds is 8. The summed E-state index contributed by atoms with van der Waals surface area (Å²) in [6.45, 7) is 10.8. The molecule has 1 fully saturated rings. The average molecular weight is 319 g/mol. The fraction of sp³-hybridized carbons (Fsp3) is 0.684. The van der Waals surface area contributed by atoms with E-state index in [-0.39, 0.29) is 6.61 Å². The Hall–Kier alpha value is -0.940. The van der Waals surface area contributed by atoms with Crippen LogP contribution in [0.15, 0.2) is 24.3 Å². The quantitative estimate of drug-likeness (QED) is 0.769. The molecule has 130 valence electrons. The highest BCUT2D eigenvalue weighted by atomic mass is 16.3. The summed E-state index contributed by atoms with van der Waals surface area (Å²) in [6, 6.07) is 9.46. The molecule has 1 aromatic carbocycles. The molecule has 0 aliphatic carbocycles. The molecule has 0 amide bonds. The van der Waals surface area contributed by atoms with Crippen LogP contribution in [0.2, 0.25) is 0 Å². The van der Waals surface area contributed by atoms with Crippen LogP contribution in [0.4, 0.5) is 0 Å². The van der Waals surface area contributed by atoms with Crippen molar-refractivity contribution in [2.24, 2.45) is 0 Å². The molecule has 1 aliphatic rings. The number of nitrogens with zero attached hydrogens (tertiary/aromatic N) is 2. The minimum Gasteiger partial charge on any atom is -0.395 e. The van der Waals surface area contributed by atoms with Crippen molar-refractivity contribution in [2.45, 2.75) is 32.2 Å². The molecule has 0 spiro atoms. The SMILES string of the molecule is CCC(C)c1ccc(C(CN2CCNCC2)N(C)CCO)cc1. The Bertz CT molecular complexity index is 442. The topological polar surface area (TPSA) is 38.7 Å². The predicted molar refractivity (Wildman–Crippen MR) is 96.9 cm³/mol. The van der Waals surface area contributed by atoms with Gasteiger partial charge < -0.3 is 10.4 Å². The van der Waals surface area contributed by atoms with Crippen LogP contribution in [0.5, 0.6) is 0 Å². The fourth-order valence-corrected chi connectivity index (χ4v) is 3.23. The summed E-state index contributed by atoms with van der Waals surface area (Å²) in [5.74, 6) is 0.617. The van der Waals surface area contributed by atoms with E-state index in [9.17, 15) is 5.11 Å². The van der Waals surface area contributed by atoms with E-state index >= 15 is 0 Å². The normalized spacial score (nSPS) is 19.0. The molecule has 23 heavy (non-hydrogen) atoms. The summed E-state index contributed by atoms with van der Waals surface area (Å²) in [6.07, 6.45) is 1.17. The molecule has 1 heterocycles. The summed E-state index contributed by atoms with van der Waals surface area (Å²) < 4.78 is 0. The highest BCUT2D eigenvalue weighted by Crippen LogP contribution is 2.25. The maximum absolute atomic E-state index is 9.32. The number of nitrogens with one attached hydrogen (secondary N) is 1. The molecule has 2 N–H and O–H groups in total. The third-order valence-corrected chi connectivity index (χ3v) is 5.13. The van der Waals surface area contributed by atoms with Gasteiger partial charge in [0, 0.05) is 45.3 Å². The van der Waals surface area contributed by atoms with Gasteiger partial charge in [0.05, 0.1) is 6.61 Å². The number of hydrogen-bond acceptors (Lipinski definition) is 4. The average Bonchev–Trinajstić information content (AvgIpc) is 2.60. The van der Waals surface area contributed by atoms with Gasteiger partial charge in [0.1, 0.15) is 0 Å². The maximum atomic E-state index is 9.32. The highest BCUT2D eigenvalue weighted by Gasteiger charge is 2.21. The van der Waals surface area contributed by atoms with Crippen LogP contribution in [0.3, 0.4) is 0 Å². The van der Waals surface area contributed by atoms with Crippen molar-refractivity contribution in [3.63, 3.8) is 0 Å². The Morgan fingerprint density at radius 1 is 1.17 bits per heavy atom. The van der Waals surface area contributed by atoms with E-state index in [1.165, 1.54) is 17.5 Å². The van der Waals surface area contributed by atoms with Crippen LogP contribution in [-0.2, 0) is 0 Å². The highest BCUT2D eigenvalue weighted by molar-refractivity contribution is 5.27. The van der Waals surface area contributed by atoms with Crippen molar-refractivity contribution in [2.75, 3.05) is 52.9 Å². The Morgan fingerprint density at radius 2 is 1.78 bits per heavy atom. The van der Waals surface area contributed by atoms with Crippen LogP contribution in [0, 0.1) is 0 Å². The van der Waals surface area contributed by atoms with E-state index < -0.39 is 0 Å². The molecular formula is C19H33N3O. The first kappa shape index (κ1) is 18.4. The molecule has 2 atom stereocenters. The molecular weight excluding hydrogens is 286 g/mol. The van der Waals surface area contributed by atoms with Crippen LogP contribution in [0.1, 0.15) is 43.4 Å². The molecule has 4 nitrogen and oxygen atoms in total. The number of benzene rings is 1. The lowest BCUT2D eigenvalue weighted by Crippen LogP contribution is -2.47. The van der Waals surface area contributed by atoms with Crippen molar-refractivity contribution in [1.82, 2.24) is 15.1 Å². The van der Waals surface area contributed by atoms with Gasteiger partial charge >= 0.3 is 0 Å². The second-order valence-corrected chi connectivity index (χ2v) is 6.75. The van der Waals surface area contributed by atoms with Gasteiger partial charge in [0.2, 0.25) is 0 Å². The van der Waals surface area contributed by atoms with Gasteiger partial charge in [-0.2, -0.15) is 0 Å². The van der Waals surface area contributed by atoms with Crippen molar-refractivity contribution < 1.29 is 5.11 Å². The lowest BCUT2D eigenvalue weighted by atomic mass is 9.95. The minimum absolute atomic E-state index is 0.208. The molecule has 2 unspecified atom stereocenters. The van der Waals surface area contributed by atoms with E-state index in [0.717, 1.165) is 32.7 Å². The molecule has 0 radical (unpaired) electrons. The molecule has 0 bridgehead atoms. The van der Waals surface area contributed by atoms with Crippen LogP contribution in [0.25, 0.3) is 0 Å². The van der Waals surface area contributed by atoms with Crippen molar-refractivity contribution >= 4 is 0 Å². The zero-order chi connectivity index (χ0) is 16.7. The monoisotopic (exact) mass is 319 g/mol. The number of aliphatic hydroxyl groups is 1. The standard InChI is InChI=1S/C19H33N3O/c1-4-16(2)17-5-7-18(8-6-17)19(21(3)13-14-23)15-22-11-9-20-10-12-22/h5-8,16,19-20,23H,4,9-15H2,1-3H3. The second kappa shape index (κ2) is 9.38. The lowest BCUT2D eigenvalue weighted by Gasteiger charge is -2.35. The fourth-order valence-electron chi connectivity index (χ4n) is 3.23. The van der Waals surface area contributed by atoms with E-state index in [1.807, 2.05) is 0 Å². The Morgan fingerprint density at radius 3 is 2.35 bits per heavy atom. The number of likely N-dealkylation sites (N-methyl/N-ethyl adjacent to an activating group) is 1. The first-order valence-electron chi connectivity index (χ1n) is 8.99. The second-order valence-electron chi connectivity index (χ2n) is 6.75. The number of piperazine rings is 1. The van der Waals surface area contributed by atoms with Gasteiger partial charge in [-0.25, -0.2) is 0 Å². The number of aliphatic hydroxyl groups excluding tert-OH is 1. The van der Waals surface area contributed by atoms with E-state index in [0.29, 0.717) is 18.5 Å². The van der Waals surface area contributed by atoms with Crippen molar-refractivity contribution in [3.8, 4) is 0 Å². The Labute approximate surface area is 141 Å². The molecule has 1 aliphatic heterocycles. The lowest BCUT2D eigenvalue weighted by molar-refractivity contribution is 0.130. The van der Waals surface area contributed by atoms with Gasteiger partial charge in [0.25, 0.3) is 0 Å². The van der Waals surface area contributed by atoms with Crippen LogP contribution in [-0.4, -0.2) is 67.8 Å². The number of hydrogen-bond donors (Lipinski definition) is 2. The van der Waals surface area contributed by atoms with Gasteiger partial charge in [-0.3, -0.25) is 9.80 Å². The molecule has 0 aromatic heterocycles. The first-order valence-corrected chi connectivity index (χ1v) is 8.99. The first-order chi connectivity index (χ1) is 11.2. The zero-order valence-corrected chi connectivity index (χ0v) is 15.0. The third-order valence-electron chi connectivity index (χ3n) is 5.13. The van der Waals surface area contributed by atoms with Crippen molar-refractivity contribution in [1.29, 1.82) is 0 Å².